The molecule has 2 saturated heterocycles. The minimum Gasteiger partial charge on any atom is -0.324 e. The highest BCUT2D eigenvalue weighted by Gasteiger charge is 2.40. The Morgan fingerprint density at radius 3 is 2.79 bits per heavy atom. The maximum Gasteiger partial charge on any atom is 0.241 e. The van der Waals surface area contributed by atoms with E-state index < -0.39 is 0 Å². The molecule has 2 rings (SSSR count). The third-order valence-corrected chi connectivity index (χ3v) is 6.61. The van der Waals surface area contributed by atoms with Crippen molar-refractivity contribution < 1.29 is 4.79 Å². The zero-order chi connectivity index (χ0) is 13.8. The Hall–Kier alpha value is 0.130. The van der Waals surface area contributed by atoms with Crippen LogP contribution in [0.25, 0.3) is 0 Å². The number of carbonyl (C=O) groups is 1. The lowest BCUT2D eigenvalue weighted by atomic mass is 10.1. The molecule has 0 aromatic rings. The van der Waals surface area contributed by atoms with E-state index in [0.717, 1.165) is 19.4 Å². The summed E-state index contributed by atoms with van der Waals surface area (Å²) in [5, 5.41) is 4.16. The van der Waals surface area contributed by atoms with E-state index in [4.69, 9.17) is 0 Å². The van der Waals surface area contributed by atoms with Gasteiger partial charge >= 0.3 is 0 Å². The van der Waals surface area contributed by atoms with E-state index in [1.165, 1.54) is 17.3 Å². The molecule has 0 aromatic heterocycles. The van der Waals surface area contributed by atoms with Crippen LogP contribution in [-0.4, -0.2) is 52.1 Å². The molecule has 2 aliphatic rings. The number of nitrogens with zero attached hydrogens (tertiary/aromatic N) is 1. The first-order valence-electron chi connectivity index (χ1n) is 7.39. The molecule has 110 valence electrons. The summed E-state index contributed by atoms with van der Waals surface area (Å²) in [6, 6.07) is 0.0543. The predicted octanol–water partition coefficient (Wildman–Crippen LogP) is 2.42. The SMILES string of the molecule is CCCC1NC(C(C)C)N(CC2CSCCS2)C1=O. The molecule has 2 aliphatic heterocycles. The Kier molecular flexibility index (Phi) is 5.90. The summed E-state index contributed by atoms with van der Waals surface area (Å²) in [5.41, 5.74) is 0. The van der Waals surface area contributed by atoms with E-state index in [2.05, 4.69) is 31.0 Å². The lowest BCUT2D eigenvalue weighted by molar-refractivity contribution is -0.130. The Labute approximate surface area is 125 Å². The van der Waals surface area contributed by atoms with Gasteiger partial charge in [0.1, 0.15) is 0 Å². The van der Waals surface area contributed by atoms with Gasteiger partial charge in [-0.15, -0.1) is 0 Å². The van der Waals surface area contributed by atoms with Crippen LogP contribution in [0.2, 0.25) is 0 Å². The number of thioether (sulfide) groups is 2. The van der Waals surface area contributed by atoms with Crippen molar-refractivity contribution in [3.05, 3.63) is 0 Å². The van der Waals surface area contributed by atoms with Gasteiger partial charge in [-0.25, -0.2) is 0 Å². The van der Waals surface area contributed by atoms with Gasteiger partial charge in [-0.05, 0) is 12.3 Å². The van der Waals surface area contributed by atoms with Crippen molar-refractivity contribution in [2.75, 3.05) is 23.8 Å². The van der Waals surface area contributed by atoms with Gasteiger partial charge < -0.3 is 4.90 Å². The Morgan fingerprint density at radius 1 is 1.42 bits per heavy atom. The average molecular weight is 303 g/mol. The third kappa shape index (κ3) is 3.82. The number of carbonyl (C=O) groups excluding carboxylic acids is 1. The van der Waals surface area contributed by atoms with Crippen LogP contribution in [0.1, 0.15) is 33.6 Å². The monoisotopic (exact) mass is 302 g/mol. The molecule has 2 heterocycles. The number of rotatable bonds is 5. The van der Waals surface area contributed by atoms with E-state index in [1.807, 2.05) is 23.5 Å². The van der Waals surface area contributed by atoms with Crippen LogP contribution in [-0.2, 0) is 4.79 Å². The highest BCUT2D eigenvalue weighted by molar-refractivity contribution is 8.06. The number of hydrogen-bond donors (Lipinski definition) is 1. The highest BCUT2D eigenvalue weighted by Crippen LogP contribution is 2.28. The van der Waals surface area contributed by atoms with Gasteiger partial charge in [-0.3, -0.25) is 10.1 Å². The second kappa shape index (κ2) is 7.23. The van der Waals surface area contributed by atoms with Gasteiger partial charge in [-0.1, -0.05) is 27.2 Å². The summed E-state index contributed by atoms with van der Waals surface area (Å²) in [6.45, 7) is 7.48. The lowest BCUT2D eigenvalue weighted by Crippen LogP contribution is -2.45. The maximum atomic E-state index is 12.5. The fraction of sp³-hybridized carbons (Fsp3) is 0.929. The Balaban J connectivity index is 1.99. The van der Waals surface area contributed by atoms with Gasteiger partial charge in [0.2, 0.25) is 5.91 Å². The molecule has 0 aromatic carbocycles. The van der Waals surface area contributed by atoms with Crippen molar-refractivity contribution in [3.63, 3.8) is 0 Å². The van der Waals surface area contributed by atoms with Crippen molar-refractivity contribution >= 4 is 29.4 Å². The van der Waals surface area contributed by atoms with Gasteiger partial charge in [0.25, 0.3) is 0 Å². The molecule has 1 amide bonds. The molecule has 0 saturated carbocycles. The van der Waals surface area contributed by atoms with Gasteiger partial charge in [0.05, 0.1) is 12.2 Å². The minimum atomic E-state index is 0.0543. The zero-order valence-corrected chi connectivity index (χ0v) is 13.9. The summed E-state index contributed by atoms with van der Waals surface area (Å²) in [7, 11) is 0. The molecule has 5 heteroatoms. The molecule has 0 spiro atoms. The third-order valence-electron chi connectivity index (χ3n) is 3.78. The van der Waals surface area contributed by atoms with Crippen LogP contribution in [0.3, 0.4) is 0 Å². The molecule has 0 bridgehead atoms. The first-order valence-corrected chi connectivity index (χ1v) is 9.59. The summed E-state index contributed by atoms with van der Waals surface area (Å²) < 4.78 is 0. The quantitative estimate of drug-likeness (QED) is 0.845. The van der Waals surface area contributed by atoms with Gasteiger partial charge in [0, 0.05) is 29.1 Å². The van der Waals surface area contributed by atoms with Crippen molar-refractivity contribution in [3.8, 4) is 0 Å². The predicted molar refractivity (Wildman–Crippen MR) is 85.7 cm³/mol. The zero-order valence-electron chi connectivity index (χ0n) is 12.2. The second-order valence-electron chi connectivity index (χ2n) is 5.76. The van der Waals surface area contributed by atoms with E-state index in [-0.39, 0.29) is 12.2 Å². The maximum absolute atomic E-state index is 12.5. The van der Waals surface area contributed by atoms with Gasteiger partial charge in [0.15, 0.2) is 0 Å². The second-order valence-corrected chi connectivity index (χ2v) is 8.31. The molecular formula is C14H26N2OS2. The van der Waals surface area contributed by atoms with Gasteiger partial charge in [-0.2, -0.15) is 23.5 Å². The van der Waals surface area contributed by atoms with Crippen molar-refractivity contribution in [1.82, 2.24) is 10.2 Å². The molecule has 1 N–H and O–H groups in total. The van der Waals surface area contributed by atoms with Crippen LogP contribution in [0.5, 0.6) is 0 Å². The highest BCUT2D eigenvalue weighted by atomic mass is 32.2. The van der Waals surface area contributed by atoms with Crippen molar-refractivity contribution in [1.29, 1.82) is 0 Å². The van der Waals surface area contributed by atoms with Crippen LogP contribution in [0.4, 0.5) is 0 Å². The Morgan fingerprint density at radius 2 is 2.21 bits per heavy atom. The summed E-state index contributed by atoms with van der Waals surface area (Å²) in [6.07, 6.45) is 2.26. The summed E-state index contributed by atoms with van der Waals surface area (Å²) in [5.74, 6) is 4.50. The van der Waals surface area contributed by atoms with E-state index in [0.29, 0.717) is 17.1 Å². The summed E-state index contributed by atoms with van der Waals surface area (Å²) >= 11 is 4.07. The van der Waals surface area contributed by atoms with E-state index >= 15 is 0 Å². The van der Waals surface area contributed by atoms with Crippen LogP contribution in [0.15, 0.2) is 0 Å². The number of nitrogens with one attached hydrogen (secondary N) is 1. The molecule has 3 atom stereocenters. The smallest absolute Gasteiger partial charge is 0.241 e. The van der Waals surface area contributed by atoms with Crippen LogP contribution < -0.4 is 5.32 Å². The first kappa shape index (κ1) is 15.5. The van der Waals surface area contributed by atoms with Crippen molar-refractivity contribution in [2.45, 2.75) is 51.1 Å². The molecular weight excluding hydrogens is 276 g/mol. The van der Waals surface area contributed by atoms with Crippen LogP contribution >= 0.6 is 23.5 Å². The number of hydrogen-bond acceptors (Lipinski definition) is 4. The molecule has 3 unspecified atom stereocenters. The molecule has 3 nitrogen and oxygen atoms in total. The molecule has 0 aliphatic carbocycles. The molecule has 19 heavy (non-hydrogen) atoms. The summed E-state index contributed by atoms with van der Waals surface area (Å²) in [4.78, 5) is 14.7. The van der Waals surface area contributed by atoms with E-state index in [1.54, 1.807) is 0 Å². The fourth-order valence-electron chi connectivity index (χ4n) is 2.82. The van der Waals surface area contributed by atoms with E-state index in [9.17, 15) is 4.79 Å². The van der Waals surface area contributed by atoms with Crippen LogP contribution in [0, 0.1) is 5.92 Å². The lowest BCUT2D eigenvalue weighted by Gasteiger charge is -2.31. The minimum absolute atomic E-state index is 0.0543. The molecule has 2 fully saturated rings. The number of amides is 1. The molecule has 0 radical (unpaired) electrons. The standard InChI is InChI=1S/C14H26N2OS2/c1-4-5-12-14(17)16(13(15-12)10(2)3)8-11-9-18-6-7-19-11/h10-13,15H,4-9H2,1-3H3. The Bertz CT molecular complexity index is 306. The normalized spacial score (nSPS) is 32.3. The topological polar surface area (TPSA) is 32.3 Å². The first-order chi connectivity index (χ1) is 9.13. The average Bonchev–Trinajstić information content (AvgIpc) is 2.70. The van der Waals surface area contributed by atoms with Crippen molar-refractivity contribution in [2.24, 2.45) is 5.92 Å². The fourth-order valence-corrected chi connectivity index (χ4v) is 5.48. The largest absolute Gasteiger partial charge is 0.324 e.